The van der Waals surface area contributed by atoms with Gasteiger partial charge in [0.15, 0.2) is 0 Å². The summed E-state index contributed by atoms with van der Waals surface area (Å²) in [6.45, 7) is 9.72. The second-order valence-electron chi connectivity index (χ2n) is 8.35. The maximum atomic E-state index is 12.5. The first-order valence-corrected chi connectivity index (χ1v) is 11.3. The third kappa shape index (κ3) is 8.62. The van der Waals surface area contributed by atoms with Crippen LogP contribution in [0, 0.1) is 5.92 Å². The van der Waals surface area contributed by atoms with Gasteiger partial charge in [-0.25, -0.2) is 4.79 Å². The monoisotopic (exact) mass is 473 g/mol. The molecule has 8 heteroatoms. The van der Waals surface area contributed by atoms with E-state index in [4.69, 9.17) is 0 Å². The number of alkyl halides is 1. The van der Waals surface area contributed by atoms with Crippen molar-refractivity contribution in [3.05, 3.63) is 41.2 Å². The summed E-state index contributed by atoms with van der Waals surface area (Å²) in [5.41, 5.74) is 0.931. The zero-order valence-electron chi connectivity index (χ0n) is 18.8. The van der Waals surface area contributed by atoms with Gasteiger partial charge in [0.1, 0.15) is 4.83 Å². The Bertz CT molecular complexity index is 665. The van der Waals surface area contributed by atoms with E-state index < -0.39 is 10.9 Å². The molecular weight excluding hydrogens is 441 g/mol. The predicted molar refractivity (Wildman–Crippen MR) is 120 cm³/mol. The van der Waals surface area contributed by atoms with E-state index in [1.165, 1.54) is 4.90 Å². The van der Waals surface area contributed by atoms with Gasteiger partial charge in [-0.3, -0.25) is 9.69 Å². The van der Waals surface area contributed by atoms with Crippen LogP contribution >= 0.6 is 15.9 Å². The predicted octanol–water partition coefficient (Wildman–Crippen LogP) is 1.90. The molecule has 1 aromatic rings. The molecule has 1 saturated heterocycles. The first-order valence-electron chi connectivity index (χ1n) is 10.4. The van der Waals surface area contributed by atoms with Crippen LogP contribution in [0.25, 0.3) is 5.32 Å². The van der Waals surface area contributed by atoms with Crippen molar-refractivity contribution < 1.29 is 33.6 Å². The summed E-state index contributed by atoms with van der Waals surface area (Å²) in [7, 11) is 0. The van der Waals surface area contributed by atoms with E-state index in [1.807, 2.05) is 35.2 Å². The van der Waals surface area contributed by atoms with Gasteiger partial charge >= 0.3 is 25.0 Å². The quantitative estimate of drug-likeness (QED) is 0.524. The van der Waals surface area contributed by atoms with Crippen LogP contribution in [0.3, 0.4) is 0 Å². The van der Waals surface area contributed by atoms with E-state index in [0.717, 1.165) is 24.9 Å². The van der Waals surface area contributed by atoms with Gasteiger partial charge < -0.3 is 15.3 Å². The molecule has 30 heavy (non-hydrogen) atoms. The summed E-state index contributed by atoms with van der Waals surface area (Å²) in [5, 5.41) is 13.8. The van der Waals surface area contributed by atoms with Gasteiger partial charge in [0, 0.05) is 19.6 Å². The molecule has 6 nitrogen and oxygen atoms in total. The first-order chi connectivity index (χ1) is 13.7. The summed E-state index contributed by atoms with van der Waals surface area (Å²) in [6, 6.07) is 10.2. The van der Waals surface area contributed by atoms with E-state index in [-0.39, 0.29) is 37.4 Å². The number of hydrogen-bond acceptors (Lipinski definition) is 2. The smallest absolute Gasteiger partial charge is 0.658 e. The standard InChI is InChI=1S/C16H19BrN2O3.C6H14N.Li/c17-13-9-19(16(21)22)14(12-4-2-1-3-5-12)10-18(15(13)20)8-11-6-7-11;1-5(2)7-6(3)4;/h1-5,11,13-14H,6-10H2,(H,21,22);5-6H,1-4H3;/q;-1;+1. The van der Waals surface area contributed by atoms with Crippen molar-refractivity contribution in [2.45, 2.75) is 63.5 Å². The summed E-state index contributed by atoms with van der Waals surface area (Å²) >= 11 is 3.37. The van der Waals surface area contributed by atoms with Gasteiger partial charge in [0.05, 0.1) is 6.04 Å². The molecule has 1 N–H and O–H groups in total. The molecule has 2 amide bonds. The minimum Gasteiger partial charge on any atom is -0.658 e. The number of benzene rings is 1. The summed E-state index contributed by atoms with van der Waals surface area (Å²) < 4.78 is 0. The van der Waals surface area contributed by atoms with Crippen molar-refractivity contribution in [1.82, 2.24) is 9.80 Å². The van der Waals surface area contributed by atoms with Crippen LogP contribution in [0.15, 0.2) is 30.3 Å². The van der Waals surface area contributed by atoms with Crippen molar-refractivity contribution in [1.29, 1.82) is 0 Å². The average molecular weight is 474 g/mol. The van der Waals surface area contributed by atoms with Crippen molar-refractivity contribution in [3.63, 3.8) is 0 Å². The Balaban J connectivity index is 0.000000489. The zero-order valence-corrected chi connectivity index (χ0v) is 20.4. The molecule has 1 aliphatic carbocycles. The molecule has 3 rings (SSSR count). The third-order valence-corrected chi connectivity index (χ3v) is 5.59. The van der Waals surface area contributed by atoms with Crippen LogP contribution in [0.5, 0.6) is 0 Å². The number of halogens is 1. The van der Waals surface area contributed by atoms with Gasteiger partial charge in [0.25, 0.3) is 0 Å². The van der Waals surface area contributed by atoms with Crippen LogP contribution < -0.4 is 18.9 Å². The third-order valence-electron chi connectivity index (χ3n) is 4.91. The number of amides is 2. The molecule has 0 aromatic heterocycles. The maximum absolute atomic E-state index is 12.5. The SMILES string of the molecule is CC(C)[N-]C(C)C.O=C1C(Br)CN(C(=O)O)C(c2ccccc2)CN1CC1CC1.[Li+]. The number of carbonyl (C=O) groups is 2. The molecule has 0 bridgehead atoms. The zero-order chi connectivity index (χ0) is 21.6. The van der Waals surface area contributed by atoms with Gasteiger partial charge in [-0.15, -0.1) is 12.1 Å². The van der Waals surface area contributed by atoms with Crippen molar-refractivity contribution in [3.8, 4) is 0 Å². The van der Waals surface area contributed by atoms with Gasteiger partial charge in [0.2, 0.25) is 5.91 Å². The molecule has 0 radical (unpaired) electrons. The Kier molecular flexibility index (Phi) is 11.5. The number of rotatable bonds is 5. The molecule has 0 spiro atoms. The first kappa shape index (κ1) is 27.0. The number of carbonyl (C=O) groups excluding carboxylic acids is 1. The molecule has 1 saturated carbocycles. The Labute approximate surface area is 201 Å². The summed E-state index contributed by atoms with van der Waals surface area (Å²) in [5.74, 6) is 0.577. The minimum atomic E-state index is -0.987. The molecule has 2 fully saturated rings. The van der Waals surface area contributed by atoms with Crippen molar-refractivity contribution >= 4 is 27.9 Å². The molecule has 162 valence electrons. The van der Waals surface area contributed by atoms with Crippen LogP contribution in [0.1, 0.15) is 52.1 Å². The second kappa shape index (κ2) is 12.8. The number of nitrogens with zero attached hydrogens (tertiary/aromatic N) is 3. The molecule has 2 aliphatic rings. The van der Waals surface area contributed by atoms with Crippen LogP contribution in [-0.4, -0.2) is 63.5 Å². The van der Waals surface area contributed by atoms with Crippen LogP contribution in [0.4, 0.5) is 4.79 Å². The largest absolute Gasteiger partial charge is 1.00 e. The average Bonchev–Trinajstić information content (AvgIpc) is 3.47. The van der Waals surface area contributed by atoms with Gasteiger partial charge in [-0.1, -0.05) is 74.0 Å². The van der Waals surface area contributed by atoms with E-state index in [2.05, 4.69) is 48.9 Å². The molecule has 1 aromatic carbocycles. The molecule has 1 heterocycles. The van der Waals surface area contributed by atoms with Gasteiger partial charge in [-0.2, -0.15) is 0 Å². The number of hydrogen-bond donors (Lipinski definition) is 1. The summed E-state index contributed by atoms with van der Waals surface area (Å²) in [6.07, 6.45) is 1.34. The fourth-order valence-corrected chi connectivity index (χ4v) is 4.12. The second-order valence-corrected chi connectivity index (χ2v) is 9.46. The molecular formula is C22H33BrLiN3O3. The van der Waals surface area contributed by atoms with E-state index >= 15 is 0 Å². The minimum absolute atomic E-state index is 0. The molecule has 1 aliphatic heterocycles. The van der Waals surface area contributed by atoms with E-state index in [0.29, 0.717) is 24.5 Å². The van der Waals surface area contributed by atoms with Crippen molar-refractivity contribution in [2.75, 3.05) is 19.6 Å². The van der Waals surface area contributed by atoms with E-state index in [9.17, 15) is 14.7 Å². The van der Waals surface area contributed by atoms with E-state index in [1.54, 1.807) is 0 Å². The maximum Gasteiger partial charge on any atom is 1.00 e. The Morgan fingerprint density at radius 2 is 1.70 bits per heavy atom. The molecule has 2 unspecified atom stereocenters. The fourth-order valence-electron chi connectivity index (χ4n) is 3.52. The Hall–Kier alpha value is -1.00. The molecule has 2 atom stereocenters. The van der Waals surface area contributed by atoms with Gasteiger partial charge in [-0.05, 0) is 24.3 Å². The number of carboxylic acid groups (broad SMARTS) is 1. The summed E-state index contributed by atoms with van der Waals surface area (Å²) in [4.78, 5) is 26.9. The Morgan fingerprint density at radius 1 is 1.13 bits per heavy atom. The Morgan fingerprint density at radius 3 is 2.13 bits per heavy atom. The normalized spacial score (nSPS) is 21.6. The van der Waals surface area contributed by atoms with Crippen LogP contribution in [-0.2, 0) is 4.79 Å². The van der Waals surface area contributed by atoms with Crippen molar-refractivity contribution in [2.24, 2.45) is 5.92 Å². The topological polar surface area (TPSA) is 75.0 Å². The van der Waals surface area contributed by atoms with Crippen LogP contribution in [0.2, 0.25) is 0 Å². The fraction of sp³-hybridized carbons (Fsp3) is 0.636.